The van der Waals surface area contributed by atoms with Gasteiger partial charge in [0.05, 0.1) is 0 Å². The van der Waals surface area contributed by atoms with Crippen molar-refractivity contribution in [3.8, 4) is 0 Å². The zero-order valence-corrected chi connectivity index (χ0v) is 16.8. The molecule has 0 spiro atoms. The van der Waals surface area contributed by atoms with Gasteiger partial charge >= 0.3 is 0 Å². The molecule has 0 amide bonds. The van der Waals surface area contributed by atoms with Crippen molar-refractivity contribution in [1.29, 1.82) is 0 Å². The molecule has 0 rings (SSSR count). The minimum absolute atomic E-state index is 0.287. The summed E-state index contributed by atoms with van der Waals surface area (Å²) in [5.74, 6) is 0.287. The quantitative estimate of drug-likeness (QED) is 0.218. The minimum Gasteiger partial charge on any atom is -0.374 e. The van der Waals surface area contributed by atoms with Crippen molar-refractivity contribution in [3.05, 3.63) is 0 Å². The van der Waals surface area contributed by atoms with Gasteiger partial charge in [0.1, 0.15) is 6.61 Å². The molecule has 0 bridgehead atoms. The van der Waals surface area contributed by atoms with E-state index in [0.717, 1.165) is 19.4 Å². The summed E-state index contributed by atoms with van der Waals surface area (Å²) in [6, 6.07) is 0. The molecule has 0 aromatic carbocycles. The summed E-state index contributed by atoms with van der Waals surface area (Å²) in [6.45, 7) is 5.54. The van der Waals surface area contributed by atoms with Crippen LogP contribution in [0, 0.1) is 0 Å². The summed E-state index contributed by atoms with van der Waals surface area (Å²) < 4.78 is 5.41. The molecular weight excluding hydrogens is 296 g/mol. The number of carbonyl (C=O) groups excluding carboxylic acids is 1. The van der Waals surface area contributed by atoms with Gasteiger partial charge in [0.15, 0.2) is 5.78 Å². The SMILES string of the molecule is CCCCCCCCCCCCCCCC(=O)COCCCCC. The first-order valence-electron chi connectivity index (χ1n) is 10.9. The molecule has 2 nitrogen and oxygen atoms in total. The van der Waals surface area contributed by atoms with Crippen LogP contribution >= 0.6 is 0 Å². The van der Waals surface area contributed by atoms with E-state index in [4.69, 9.17) is 4.74 Å². The number of hydrogen-bond acceptors (Lipinski definition) is 2. The van der Waals surface area contributed by atoms with E-state index in [0.29, 0.717) is 13.0 Å². The van der Waals surface area contributed by atoms with E-state index in [1.165, 1.54) is 89.9 Å². The van der Waals surface area contributed by atoms with Gasteiger partial charge in [-0.2, -0.15) is 0 Å². The molecule has 0 aromatic rings. The van der Waals surface area contributed by atoms with Crippen molar-refractivity contribution in [3.63, 3.8) is 0 Å². The minimum atomic E-state index is 0.287. The maximum absolute atomic E-state index is 11.7. The second-order valence-electron chi connectivity index (χ2n) is 7.29. The fourth-order valence-corrected chi connectivity index (χ4v) is 3.05. The first kappa shape index (κ1) is 23.6. The van der Waals surface area contributed by atoms with E-state index in [1.807, 2.05) is 0 Å². The normalized spacial score (nSPS) is 11.1. The number of ether oxygens (including phenoxy) is 1. The lowest BCUT2D eigenvalue weighted by molar-refractivity contribution is -0.123. The number of unbranched alkanes of at least 4 members (excludes halogenated alkanes) is 14. The number of ketones is 1. The van der Waals surface area contributed by atoms with Gasteiger partial charge in [0, 0.05) is 13.0 Å². The Morgan fingerprint density at radius 1 is 0.583 bits per heavy atom. The molecule has 144 valence electrons. The van der Waals surface area contributed by atoms with E-state index in [2.05, 4.69) is 13.8 Å². The van der Waals surface area contributed by atoms with Crippen LogP contribution in [0.25, 0.3) is 0 Å². The molecule has 0 aliphatic carbocycles. The molecule has 24 heavy (non-hydrogen) atoms. The Balaban J connectivity index is 3.10. The molecule has 0 saturated carbocycles. The van der Waals surface area contributed by atoms with Gasteiger partial charge < -0.3 is 4.74 Å². The maximum Gasteiger partial charge on any atom is 0.158 e. The molecule has 0 N–H and O–H groups in total. The largest absolute Gasteiger partial charge is 0.374 e. The third kappa shape index (κ3) is 19.7. The number of rotatable bonds is 20. The topological polar surface area (TPSA) is 26.3 Å². The van der Waals surface area contributed by atoms with E-state index in [1.54, 1.807) is 0 Å². The van der Waals surface area contributed by atoms with Crippen LogP contribution < -0.4 is 0 Å². The van der Waals surface area contributed by atoms with Crippen LogP contribution in [0.15, 0.2) is 0 Å². The molecule has 0 unspecified atom stereocenters. The van der Waals surface area contributed by atoms with Crippen LogP contribution in [0.5, 0.6) is 0 Å². The smallest absolute Gasteiger partial charge is 0.158 e. The summed E-state index contributed by atoms with van der Waals surface area (Å²) >= 11 is 0. The van der Waals surface area contributed by atoms with Crippen molar-refractivity contribution in [2.45, 2.75) is 123 Å². The monoisotopic (exact) mass is 340 g/mol. The first-order valence-corrected chi connectivity index (χ1v) is 10.9. The molecular formula is C22H44O2. The molecule has 0 aliphatic heterocycles. The molecule has 0 heterocycles. The van der Waals surface area contributed by atoms with E-state index < -0.39 is 0 Å². The summed E-state index contributed by atoms with van der Waals surface area (Å²) in [5.41, 5.74) is 0. The number of hydrogen-bond donors (Lipinski definition) is 0. The Labute approximate surface area is 152 Å². The zero-order valence-electron chi connectivity index (χ0n) is 16.8. The third-order valence-corrected chi connectivity index (χ3v) is 4.71. The van der Waals surface area contributed by atoms with Crippen LogP contribution in [0.3, 0.4) is 0 Å². The number of carbonyl (C=O) groups is 1. The van der Waals surface area contributed by atoms with Crippen molar-refractivity contribution in [2.75, 3.05) is 13.2 Å². The van der Waals surface area contributed by atoms with Crippen molar-refractivity contribution < 1.29 is 9.53 Å². The zero-order chi connectivity index (χ0) is 17.7. The fourth-order valence-electron chi connectivity index (χ4n) is 3.05. The highest BCUT2D eigenvalue weighted by atomic mass is 16.5. The van der Waals surface area contributed by atoms with Crippen LogP contribution in [0.4, 0.5) is 0 Å². The summed E-state index contributed by atoms with van der Waals surface area (Å²) in [6.07, 6.45) is 21.8. The van der Waals surface area contributed by atoms with Crippen LogP contribution in [-0.4, -0.2) is 19.0 Å². The summed E-state index contributed by atoms with van der Waals surface area (Å²) in [7, 11) is 0. The van der Waals surface area contributed by atoms with Crippen molar-refractivity contribution >= 4 is 5.78 Å². The lowest BCUT2D eigenvalue weighted by Gasteiger charge is -2.04. The van der Waals surface area contributed by atoms with Crippen LogP contribution in [0.1, 0.15) is 123 Å². The molecule has 0 saturated heterocycles. The third-order valence-electron chi connectivity index (χ3n) is 4.71. The van der Waals surface area contributed by atoms with Gasteiger partial charge in [-0.3, -0.25) is 4.79 Å². The Hall–Kier alpha value is -0.370. The van der Waals surface area contributed by atoms with Crippen LogP contribution in [-0.2, 0) is 9.53 Å². The Bertz CT molecular complexity index is 250. The molecule has 0 atom stereocenters. The highest BCUT2D eigenvalue weighted by Gasteiger charge is 2.02. The highest BCUT2D eigenvalue weighted by molar-refractivity contribution is 5.79. The van der Waals surface area contributed by atoms with E-state index in [9.17, 15) is 4.79 Å². The van der Waals surface area contributed by atoms with Gasteiger partial charge in [-0.1, -0.05) is 104 Å². The van der Waals surface area contributed by atoms with Crippen molar-refractivity contribution in [2.24, 2.45) is 0 Å². The highest BCUT2D eigenvalue weighted by Crippen LogP contribution is 2.13. The summed E-state index contributed by atoms with van der Waals surface area (Å²) in [4.78, 5) is 11.7. The lowest BCUT2D eigenvalue weighted by atomic mass is 10.0. The van der Waals surface area contributed by atoms with Gasteiger partial charge in [-0.05, 0) is 12.8 Å². The average Bonchev–Trinajstić information content (AvgIpc) is 2.59. The summed E-state index contributed by atoms with van der Waals surface area (Å²) in [5, 5.41) is 0. The Kier molecular flexibility index (Phi) is 20.4. The molecule has 2 heteroatoms. The Morgan fingerprint density at radius 2 is 1.00 bits per heavy atom. The molecule has 0 fully saturated rings. The van der Waals surface area contributed by atoms with Gasteiger partial charge in [-0.15, -0.1) is 0 Å². The standard InChI is InChI=1S/C22H44O2/c1-3-5-7-8-9-10-11-12-13-14-15-16-17-19-22(23)21-24-20-18-6-4-2/h3-21H2,1-2H3. The maximum atomic E-state index is 11.7. The van der Waals surface area contributed by atoms with E-state index >= 15 is 0 Å². The fraction of sp³-hybridized carbons (Fsp3) is 0.955. The van der Waals surface area contributed by atoms with Gasteiger partial charge in [-0.25, -0.2) is 0 Å². The predicted molar refractivity (Wildman–Crippen MR) is 106 cm³/mol. The van der Waals surface area contributed by atoms with E-state index in [-0.39, 0.29) is 5.78 Å². The molecule has 0 aliphatic rings. The number of Topliss-reactive ketones (excluding diaryl/α,β-unsaturated/α-hetero) is 1. The van der Waals surface area contributed by atoms with Gasteiger partial charge in [0.25, 0.3) is 0 Å². The lowest BCUT2D eigenvalue weighted by Crippen LogP contribution is -2.09. The predicted octanol–water partition coefficient (Wildman–Crippen LogP) is 7.24. The first-order chi connectivity index (χ1) is 11.8. The van der Waals surface area contributed by atoms with Crippen molar-refractivity contribution in [1.82, 2.24) is 0 Å². The average molecular weight is 341 g/mol. The molecule has 0 aromatic heterocycles. The molecule has 0 radical (unpaired) electrons. The Morgan fingerprint density at radius 3 is 1.50 bits per heavy atom. The second kappa shape index (κ2) is 20.7. The second-order valence-corrected chi connectivity index (χ2v) is 7.29. The van der Waals surface area contributed by atoms with Gasteiger partial charge in [0.2, 0.25) is 0 Å². The van der Waals surface area contributed by atoms with Crippen LogP contribution in [0.2, 0.25) is 0 Å².